The second kappa shape index (κ2) is 10.9. The first kappa shape index (κ1) is 25.9. The predicted octanol–water partition coefficient (Wildman–Crippen LogP) is 6.45. The topological polar surface area (TPSA) is 59.1 Å². The van der Waals surface area contributed by atoms with E-state index in [1.165, 1.54) is 4.88 Å². The molecule has 0 saturated carbocycles. The first-order valence-corrected chi connectivity index (χ1v) is 13.9. The average Bonchev–Trinajstić information content (AvgIpc) is 3.54. The van der Waals surface area contributed by atoms with Crippen molar-refractivity contribution >= 4 is 46.4 Å². The van der Waals surface area contributed by atoms with Crippen LogP contribution < -0.4 is 9.47 Å². The summed E-state index contributed by atoms with van der Waals surface area (Å²) in [5.41, 5.74) is 2.37. The third-order valence-electron chi connectivity index (χ3n) is 6.75. The third-order valence-corrected chi connectivity index (χ3v) is 8.31. The number of rotatable bonds is 7. The van der Waals surface area contributed by atoms with E-state index < -0.39 is 0 Å². The van der Waals surface area contributed by atoms with Gasteiger partial charge >= 0.3 is 0 Å². The molecule has 0 aliphatic carbocycles. The van der Waals surface area contributed by atoms with Gasteiger partial charge in [0, 0.05) is 33.6 Å². The van der Waals surface area contributed by atoms with Gasteiger partial charge in [0.1, 0.15) is 6.54 Å². The predicted molar refractivity (Wildman–Crippen MR) is 146 cm³/mol. The molecule has 3 aromatic rings. The molecule has 1 atom stereocenters. The van der Waals surface area contributed by atoms with Crippen LogP contribution in [0.2, 0.25) is 10.0 Å². The summed E-state index contributed by atoms with van der Waals surface area (Å²) in [6.45, 7) is 5.34. The van der Waals surface area contributed by atoms with Crippen LogP contribution in [0.5, 0.6) is 11.5 Å². The van der Waals surface area contributed by atoms with Crippen LogP contribution in [-0.2, 0) is 11.2 Å². The summed E-state index contributed by atoms with van der Waals surface area (Å²) in [6.07, 6.45) is 1.55. The van der Waals surface area contributed by atoms with Crippen molar-refractivity contribution in [3.8, 4) is 11.5 Å². The maximum atomic E-state index is 13.9. The first-order valence-electron chi connectivity index (χ1n) is 12.3. The molecule has 2 aromatic carbocycles. The van der Waals surface area contributed by atoms with Crippen molar-refractivity contribution in [3.63, 3.8) is 0 Å². The van der Waals surface area contributed by atoms with Gasteiger partial charge in [0.15, 0.2) is 11.5 Å². The van der Waals surface area contributed by atoms with Gasteiger partial charge in [-0.1, -0.05) is 43.1 Å². The van der Waals surface area contributed by atoms with E-state index in [4.69, 9.17) is 32.7 Å². The van der Waals surface area contributed by atoms with E-state index in [0.717, 1.165) is 24.0 Å². The summed E-state index contributed by atoms with van der Waals surface area (Å²) in [4.78, 5) is 32.2. The zero-order valence-electron chi connectivity index (χ0n) is 20.7. The highest BCUT2D eigenvalue weighted by Gasteiger charge is 2.35. The summed E-state index contributed by atoms with van der Waals surface area (Å²) < 4.78 is 10.8. The van der Waals surface area contributed by atoms with Gasteiger partial charge in [0.25, 0.3) is 5.91 Å². The van der Waals surface area contributed by atoms with Gasteiger partial charge in [-0.15, -0.1) is 11.3 Å². The van der Waals surface area contributed by atoms with Crippen molar-refractivity contribution in [2.75, 3.05) is 26.4 Å². The lowest BCUT2D eigenvalue weighted by molar-refractivity contribution is -0.134. The van der Waals surface area contributed by atoms with E-state index in [9.17, 15) is 9.59 Å². The third kappa shape index (κ3) is 5.44. The number of ether oxygens (including phenoxy) is 2. The number of thiophene rings is 1. The summed E-state index contributed by atoms with van der Waals surface area (Å²) >= 11 is 14.5. The quantitative estimate of drug-likeness (QED) is 0.334. The van der Waals surface area contributed by atoms with Crippen LogP contribution in [-0.4, -0.2) is 48.0 Å². The Hall–Kier alpha value is -2.74. The van der Waals surface area contributed by atoms with Crippen molar-refractivity contribution in [3.05, 3.63) is 79.5 Å². The lowest BCUT2D eigenvalue weighted by atomic mass is 9.93. The fraction of sp³-hybridized carbons (Fsp3) is 0.357. The van der Waals surface area contributed by atoms with E-state index >= 15 is 0 Å². The highest BCUT2D eigenvalue weighted by atomic mass is 35.5. The lowest BCUT2D eigenvalue weighted by Crippen LogP contribution is -2.47. The van der Waals surface area contributed by atoms with Crippen LogP contribution >= 0.6 is 34.5 Å². The fourth-order valence-electron chi connectivity index (χ4n) is 4.78. The Labute approximate surface area is 230 Å². The standard InChI is InChI=1S/C28H28Cl2N2O4S/c1-17(2)7-10-31(28(34)18-3-6-23-24(13-18)36-16-35-23)15-26(33)32-11-8-25-21(9-12-37-25)27(32)20-5-4-19(29)14-22(20)30/h3-6,9,12-14,17,27H,7-8,10-11,15-16H2,1-2H3. The van der Waals surface area contributed by atoms with Crippen LogP contribution in [0.1, 0.15) is 52.7 Å². The van der Waals surface area contributed by atoms with Gasteiger partial charge in [-0.25, -0.2) is 0 Å². The van der Waals surface area contributed by atoms with Gasteiger partial charge in [0.2, 0.25) is 12.7 Å². The van der Waals surface area contributed by atoms with Crippen LogP contribution in [0.4, 0.5) is 0 Å². The zero-order chi connectivity index (χ0) is 26.1. The van der Waals surface area contributed by atoms with Crippen molar-refractivity contribution in [1.82, 2.24) is 9.80 Å². The number of carbonyl (C=O) groups is 2. The molecule has 0 spiro atoms. The molecule has 2 aliphatic rings. The minimum absolute atomic E-state index is 0.0266. The zero-order valence-corrected chi connectivity index (χ0v) is 23.0. The van der Waals surface area contributed by atoms with E-state index in [1.54, 1.807) is 46.6 Å². The van der Waals surface area contributed by atoms with E-state index in [1.807, 2.05) is 16.3 Å². The molecule has 5 rings (SSSR count). The number of nitrogens with zero attached hydrogens (tertiary/aromatic N) is 2. The van der Waals surface area contributed by atoms with Gasteiger partial charge in [-0.05, 0) is 71.7 Å². The van der Waals surface area contributed by atoms with Crippen LogP contribution in [0.15, 0.2) is 47.8 Å². The summed E-state index contributed by atoms with van der Waals surface area (Å²) in [5.74, 6) is 1.21. The molecule has 0 fully saturated rings. The fourth-order valence-corrected chi connectivity index (χ4v) is 6.19. The molecule has 0 radical (unpaired) electrons. The first-order chi connectivity index (χ1) is 17.8. The summed E-state index contributed by atoms with van der Waals surface area (Å²) in [7, 11) is 0. The average molecular weight is 560 g/mol. The number of amides is 2. The van der Waals surface area contributed by atoms with Crippen molar-refractivity contribution in [2.24, 2.45) is 5.92 Å². The number of hydrogen-bond acceptors (Lipinski definition) is 5. The normalized spacial score (nSPS) is 16.1. The number of fused-ring (bicyclic) bond motifs is 2. The Morgan fingerprint density at radius 3 is 2.68 bits per heavy atom. The van der Waals surface area contributed by atoms with Gasteiger partial charge in [-0.2, -0.15) is 0 Å². The van der Waals surface area contributed by atoms with Gasteiger partial charge in [-0.3, -0.25) is 9.59 Å². The second-order valence-electron chi connectivity index (χ2n) is 9.68. The summed E-state index contributed by atoms with van der Waals surface area (Å²) in [5, 5.41) is 3.11. The Kier molecular flexibility index (Phi) is 7.65. The second-order valence-corrected chi connectivity index (χ2v) is 11.5. The maximum absolute atomic E-state index is 13.9. The number of halogens is 2. The van der Waals surface area contributed by atoms with Crippen molar-refractivity contribution in [2.45, 2.75) is 32.7 Å². The molecule has 1 aromatic heterocycles. The highest BCUT2D eigenvalue weighted by Crippen LogP contribution is 2.41. The highest BCUT2D eigenvalue weighted by molar-refractivity contribution is 7.10. The molecule has 6 nitrogen and oxygen atoms in total. The molecule has 9 heteroatoms. The Morgan fingerprint density at radius 2 is 1.89 bits per heavy atom. The Bertz CT molecular complexity index is 1330. The van der Waals surface area contributed by atoms with E-state index in [0.29, 0.717) is 46.1 Å². The minimum Gasteiger partial charge on any atom is -0.454 e. The van der Waals surface area contributed by atoms with Gasteiger partial charge in [0.05, 0.1) is 6.04 Å². The monoisotopic (exact) mass is 558 g/mol. The molecular formula is C28H28Cl2N2O4S. The molecule has 0 saturated heterocycles. The molecule has 0 N–H and O–H groups in total. The van der Waals surface area contributed by atoms with Crippen LogP contribution in [0.25, 0.3) is 0 Å². The van der Waals surface area contributed by atoms with Crippen molar-refractivity contribution < 1.29 is 19.1 Å². The molecule has 0 bridgehead atoms. The Morgan fingerprint density at radius 1 is 1.08 bits per heavy atom. The van der Waals surface area contributed by atoms with Crippen molar-refractivity contribution in [1.29, 1.82) is 0 Å². The Balaban J connectivity index is 1.43. The molecule has 2 aliphatic heterocycles. The van der Waals surface area contributed by atoms with Crippen LogP contribution in [0, 0.1) is 5.92 Å². The molecule has 3 heterocycles. The van der Waals surface area contributed by atoms with E-state index in [-0.39, 0.29) is 31.2 Å². The lowest BCUT2D eigenvalue weighted by Gasteiger charge is -2.38. The molecule has 194 valence electrons. The number of carbonyl (C=O) groups excluding carboxylic acids is 2. The molecular weight excluding hydrogens is 531 g/mol. The number of benzene rings is 2. The largest absolute Gasteiger partial charge is 0.454 e. The smallest absolute Gasteiger partial charge is 0.254 e. The maximum Gasteiger partial charge on any atom is 0.254 e. The number of hydrogen-bond donors (Lipinski definition) is 0. The van der Waals surface area contributed by atoms with Crippen LogP contribution in [0.3, 0.4) is 0 Å². The van der Waals surface area contributed by atoms with Gasteiger partial charge < -0.3 is 19.3 Å². The summed E-state index contributed by atoms with van der Waals surface area (Å²) in [6, 6.07) is 12.3. The molecule has 2 amide bonds. The van der Waals surface area contributed by atoms with E-state index in [2.05, 4.69) is 19.9 Å². The minimum atomic E-state index is -0.333. The SMILES string of the molecule is CC(C)CCN(CC(=O)N1CCc2sccc2C1c1ccc(Cl)cc1Cl)C(=O)c1ccc2c(c1)OCO2. The molecule has 1 unspecified atom stereocenters. The molecule has 37 heavy (non-hydrogen) atoms.